The van der Waals surface area contributed by atoms with Crippen LogP contribution in [-0.4, -0.2) is 35.5 Å². The summed E-state index contributed by atoms with van der Waals surface area (Å²) < 4.78 is 31.7. The second kappa shape index (κ2) is 11.8. The number of rotatable bonds is 8. The van der Waals surface area contributed by atoms with Crippen molar-refractivity contribution in [2.75, 3.05) is 19.0 Å². The van der Waals surface area contributed by atoms with Gasteiger partial charge in [0.1, 0.15) is 11.4 Å². The molecule has 9 nitrogen and oxygen atoms in total. The lowest BCUT2D eigenvalue weighted by Gasteiger charge is -2.13. The molecule has 214 valence electrons. The lowest BCUT2D eigenvalue weighted by molar-refractivity contribution is -0.118. The largest absolute Gasteiger partial charge is 0.493 e. The van der Waals surface area contributed by atoms with Crippen LogP contribution in [0.3, 0.4) is 0 Å². The van der Waals surface area contributed by atoms with E-state index in [1.807, 2.05) is 0 Å². The van der Waals surface area contributed by atoms with E-state index in [9.17, 15) is 14.0 Å². The van der Waals surface area contributed by atoms with Gasteiger partial charge in [0.25, 0.3) is 11.5 Å². The third-order valence-corrected chi connectivity index (χ3v) is 6.70. The number of methoxy groups -OCH3 is 1. The Labute approximate surface area is 248 Å². The molecule has 4 aromatic carbocycles. The molecule has 2 aromatic heterocycles. The van der Waals surface area contributed by atoms with Crippen molar-refractivity contribution < 1.29 is 23.1 Å². The molecular weight excluding hydrogens is 575 g/mol. The summed E-state index contributed by atoms with van der Waals surface area (Å²) in [7, 11) is 1.46. The van der Waals surface area contributed by atoms with Crippen molar-refractivity contribution >= 4 is 51.3 Å². The topological polar surface area (TPSA) is 108 Å². The van der Waals surface area contributed by atoms with Gasteiger partial charge in [-0.15, -0.1) is 0 Å². The van der Waals surface area contributed by atoms with Crippen molar-refractivity contribution in [1.82, 2.24) is 9.66 Å². The molecule has 11 heteroatoms. The number of benzene rings is 4. The zero-order valence-corrected chi connectivity index (χ0v) is 23.3. The molecule has 0 spiro atoms. The van der Waals surface area contributed by atoms with Gasteiger partial charge in [0.2, 0.25) is 5.82 Å². The maximum atomic E-state index is 13.6. The number of halogens is 2. The van der Waals surface area contributed by atoms with E-state index < -0.39 is 17.3 Å². The molecule has 0 bridgehead atoms. The second-order valence-electron chi connectivity index (χ2n) is 9.33. The first-order valence-electron chi connectivity index (χ1n) is 13.0. The number of anilines is 1. The zero-order valence-electron chi connectivity index (χ0n) is 22.6. The molecule has 43 heavy (non-hydrogen) atoms. The number of carbonyl (C=O) groups excluding carboxylic acids is 1. The average Bonchev–Trinajstić information content (AvgIpc) is 3.44. The van der Waals surface area contributed by atoms with Crippen molar-refractivity contribution in [1.29, 1.82) is 0 Å². The van der Waals surface area contributed by atoms with Gasteiger partial charge in [-0.1, -0.05) is 29.8 Å². The lowest BCUT2D eigenvalue weighted by atomic mass is 10.2. The number of carbonyl (C=O) groups is 1. The molecule has 0 aliphatic heterocycles. The van der Waals surface area contributed by atoms with Gasteiger partial charge in [-0.25, -0.2) is 9.37 Å². The van der Waals surface area contributed by atoms with E-state index in [0.717, 1.165) is 10.1 Å². The Morgan fingerprint density at radius 1 is 1.07 bits per heavy atom. The number of fused-ring (bicyclic) bond motifs is 2. The number of hydrogen-bond acceptors (Lipinski definition) is 7. The molecule has 0 radical (unpaired) electrons. The Hall–Kier alpha value is -5.48. The van der Waals surface area contributed by atoms with E-state index in [0.29, 0.717) is 44.3 Å². The van der Waals surface area contributed by atoms with Crippen LogP contribution in [0.5, 0.6) is 11.5 Å². The summed E-state index contributed by atoms with van der Waals surface area (Å²) >= 11 is 6.16. The number of nitrogens with zero attached hydrogens (tertiary/aromatic N) is 3. The molecule has 0 saturated heterocycles. The lowest BCUT2D eigenvalue weighted by Crippen LogP contribution is -2.21. The molecule has 1 N–H and O–H groups in total. The summed E-state index contributed by atoms with van der Waals surface area (Å²) in [5.74, 6) is 0.179. The summed E-state index contributed by atoms with van der Waals surface area (Å²) in [6.45, 7) is -0.372. The van der Waals surface area contributed by atoms with Gasteiger partial charge in [-0.3, -0.25) is 9.59 Å². The number of aromatic nitrogens is 2. The van der Waals surface area contributed by atoms with Gasteiger partial charge in [0.05, 0.1) is 24.2 Å². The molecule has 0 fully saturated rings. The third kappa shape index (κ3) is 5.81. The maximum absolute atomic E-state index is 13.6. The van der Waals surface area contributed by atoms with Crippen LogP contribution in [0, 0.1) is 5.82 Å². The summed E-state index contributed by atoms with van der Waals surface area (Å²) in [5.41, 5.74) is 1.47. The van der Waals surface area contributed by atoms with Crippen LogP contribution >= 0.6 is 11.6 Å². The highest BCUT2D eigenvalue weighted by molar-refractivity contribution is 6.31. The molecule has 6 aromatic rings. The average molecular weight is 597 g/mol. The minimum absolute atomic E-state index is 0.177. The predicted molar refractivity (Wildman–Crippen MR) is 163 cm³/mol. The normalized spacial score (nSPS) is 11.3. The number of ether oxygens (including phenoxy) is 2. The summed E-state index contributed by atoms with van der Waals surface area (Å²) in [6.07, 6.45) is 1.41. The monoisotopic (exact) mass is 596 g/mol. The summed E-state index contributed by atoms with van der Waals surface area (Å²) in [4.78, 5) is 30.9. The Morgan fingerprint density at radius 3 is 2.70 bits per heavy atom. The van der Waals surface area contributed by atoms with E-state index in [1.165, 1.54) is 37.6 Å². The van der Waals surface area contributed by atoms with E-state index in [4.69, 9.17) is 25.5 Å². The third-order valence-electron chi connectivity index (χ3n) is 6.47. The molecular formula is C32H22ClFN4O5. The molecule has 2 heterocycles. The van der Waals surface area contributed by atoms with Crippen molar-refractivity contribution in [3.8, 4) is 23.1 Å². The van der Waals surface area contributed by atoms with Crippen LogP contribution in [0.2, 0.25) is 5.02 Å². The fourth-order valence-corrected chi connectivity index (χ4v) is 4.63. The second-order valence-corrected chi connectivity index (χ2v) is 9.77. The number of furan rings is 1. The number of nitrogens with one attached hydrogen (secondary N) is 1. The first-order valence-corrected chi connectivity index (χ1v) is 13.4. The zero-order chi connectivity index (χ0) is 29.9. The Balaban J connectivity index is 1.37. The molecule has 1 amide bonds. The molecule has 6 rings (SSSR count). The highest BCUT2D eigenvalue weighted by Crippen LogP contribution is 2.31. The van der Waals surface area contributed by atoms with Gasteiger partial charge in [0.15, 0.2) is 23.9 Å². The van der Waals surface area contributed by atoms with Gasteiger partial charge in [-0.2, -0.15) is 9.78 Å². The highest BCUT2D eigenvalue weighted by atomic mass is 35.5. The van der Waals surface area contributed by atoms with Crippen LogP contribution < -0.4 is 20.3 Å². The van der Waals surface area contributed by atoms with Gasteiger partial charge >= 0.3 is 0 Å². The van der Waals surface area contributed by atoms with Crippen LogP contribution in [0.1, 0.15) is 5.56 Å². The Bertz CT molecular complexity index is 2070. The summed E-state index contributed by atoms with van der Waals surface area (Å²) in [5, 5.41) is 8.77. The standard InChI is InChI=1S/C32H22ClFN4O5/c1-41-27-8-4-5-19(30(27)42-18-29(39)36-23-12-10-22(34)11-13-23)17-35-38-31(37-25-7-3-2-6-24(25)32(38)40)28-16-20-15-21(33)9-14-26(20)43-28/h2-17H,18H2,1H3,(H,36,39). The quantitative estimate of drug-likeness (QED) is 0.201. The van der Waals surface area contributed by atoms with E-state index in [2.05, 4.69) is 15.4 Å². The fourth-order valence-electron chi connectivity index (χ4n) is 4.45. The van der Waals surface area contributed by atoms with Crippen molar-refractivity contribution in [2.24, 2.45) is 5.10 Å². The van der Waals surface area contributed by atoms with Crippen LogP contribution in [0.15, 0.2) is 105 Å². The van der Waals surface area contributed by atoms with Crippen molar-refractivity contribution in [3.05, 3.63) is 118 Å². The first-order chi connectivity index (χ1) is 20.9. The van der Waals surface area contributed by atoms with E-state index in [-0.39, 0.29) is 18.2 Å². The Kier molecular flexibility index (Phi) is 7.59. The first kappa shape index (κ1) is 27.7. The smallest absolute Gasteiger partial charge is 0.282 e. The maximum Gasteiger partial charge on any atom is 0.282 e. The number of para-hydroxylation sites is 2. The SMILES string of the molecule is COc1cccc(C=Nn2c(-c3cc4cc(Cl)ccc4o3)nc3ccccc3c2=O)c1OCC(=O)Nc1ccc(F)cc1. The van der Waals surface area contributed by atoms with Gasteiger partial charge in [-0.05, 0) is 72.8 Å². The minimum Gasteiger partial charge on any atom is -0.493 e. The van der Waals surface area contributed by atoms with Crippen molar-refractivity contribution in [3.63, 3.8) is 0 Å². The van der Waals surface area contributed by atoms with Gasteiger partial charge < -0.3 is 19.2 Å². The van der Waals surface area contributed by atoms with Gasteiger partial charge in [0, 0.05) is 21.7 Å². The van der Waals surface area contributed by atoms with Crippen molar-refractivity contribution in [2.45, 2.75) is 0 Å². The molecule has 0 aliphatic carbocycles. The van der Waals surface area contributed by atoms with E-state index in [1.54, 1.807) is 66.7 Å². The molecule has 0 aliphatic rings. The van der Waals surface area contributed by atoms with Crippen LogP contribution in [0.25, 0.3) is 33.5 Å². The summed E-state index contributed by atoms with van der Waals surface area (Å²) in [6, 6.07) is 24.3. The van der Waals surface area contributed by atoms with Crippen LogP contribution in [-0.2, 0) is 4.79 Å². The number of hydrogen-bond donors (Lipinski definition) is 1. The van der Waals surface area contributed by atoms with E-state index >= 15 is 0 Å². The Morgan fingerprint density at radius 2 is 1.88 bits per heavy atom. The predicted octanol–water partition coefficient (Wildman–Crippen LogP) is 6.51. The highest BCUT2D eigenvalue weighted by Gasteiger charge is 2.18. The van der Waals surface area contributed by atoms with Crippen LogP contribution in [0.4, 0.5) is 10.1 Å². The fraction of sp³-hybridized carbons (Fsp3) is 0.0625. The molecule has 0 saturated carbocycles. The molecule has 0 atom stereocenters. The number of amides is 1. The minimum atomic E-state index is -0.470. The molecule has 0 unspecified atom stereocenters.